The molecule has 0 saturated heterocycles. The minimum Gasteiger partial charge on any atom is -0.290 e. The topological polar surface area (TPSA) is 117 Å². The smallest absolute Gasteiger partial charge is 0.266 e. The van der Waals surface area contributed by atoms with Gasteiger partial charge in [-0.25, -0.2) is 5.84 Å². The van der Waals surface area contributed by atoms with E-state index in [0.717, 1.165) is 5.56 Å². The lowest BCUT2D eigenvalue weighted by Crippen LogP contribution is -2.30. The van der Waals surface area contributed by atoms with Crippen molar-refractivity contribution >= 4 is 12.0 Å². The lowest BCUT2D eigenvalue weighted by Gasteiger charge is -1.99. The first-order valence-electron chi connectivity index (χ1n) is 4.41. The van der Waals surface area contributed by atoms with Crippen LogP contribution in [0, 0.1) is 0 Å². The highest BCUT2D eigenvalue weighted by molar-refractivity contribution is 5.93. The first-order valence-corrected chi connectivity index (χ1v) is 4.41. The van der Waals surface area contributed by atoms with Crippen LogP contribution in [-0.4, -0.2) is 17.4 Å². The number of nitrogens with zero attached hydrogens (tertiary/aromatic N) is 4. The summed E-state index contributed by atoms with van der Waals surface area (Å²) in [6.07, 6.45) is 6.36. The van der Waals surface area contributed by atoms with Crippen LogP contribution < -0.4 is 11.3 Å². The summed E-state index contributed by atoms with van der Waals surface area (Å²) in [4.78, 5) is 17.7. The number of hydrogen-bond acceptors (Lipinski definition) is 4. The Bertz CT molecular complexity index is 449. The van der Waals surface area contributed by atoms with E-state index < -0.39 is 5.91 Å². The van der Waals surface area contributed by atoms with E-state index >= 15 is 0 Å². The summed E-state index contributed by atoms with van der Waals surface area (Å²) in [5.74, 6) is 4.59. The van der Waals surface area contributed by atoms with Crippen molar-refractivity contribution in [3.63, 3.8) is 0 Å². The van der Waals surface area contributed by atoms with Gasteiger partial charge in [0.1, 0.15) is 0 Å². The van der Waals surface area contributed by atoms with Crippen molar-refractivity contribution in [1.29, 1.82) is 0 Å². The summed E-state index contributed by atoms with van der Waals surface area (Å²) in [5, 5.41) is 3.33. The van der Waals surface area contributed by atoms with Crippen molar-refractivity contribution in [3.8, 4) is 0 Å². The van der Waals surface area contributed by atoms with Gasteiger partial charge in [0.2, 0.25) is 0 Å². The Balaban J connectivity index is 2.78. The maximum absolute atomic E-state index is 11.2. The minimum absolute atomic E-state index is 0.254. The molecular formula is C9H10N6O. The highest BCUT2D eigenvalue weighted by Gasteiger charge is 2.02. The van der Waals surface area contributed by atoms with Gasteiger partial charge in [0.05, 0.1) is 5.56 Å². The second-order valence-electron chi connectivity index (χ2n) is 2.80. The molecule has 7 nitrogen and oxygen atoms in total. The van der Waals surface area contributed by atoms with Crippen molar-refractivity contribution in [2.45, 2.75) is 0 Å². The van der Waals surface area contributed by atoms with E-state index in [2.05, 4.69) is 15.0 Å². The zero-order chi connectivity index (χ0) is 11.8. The lowest BCUT2D eigenvalue weighted by atomic mass is 10.2. The summed E-state index contributed by atoms with van der Waals surface area (Å²) >= 11 is 0. The van der Waals surface area contributed by atoms with Crippen LogP contribution in [0.2, 0.25) is 0 Å². The van der Waals surface area contributed by atoms with Crippen molar-refractivity contribution in [2.24, 2.45) is 11.0 Å². The first-order chi connectivity index (χ1) is 7.77. The molecule has 0 bridgehead atoms. The molecule has 0 spiro atoms. The zero-order valence-electron chi connectivity index (χ0n) is 8.37. The van der Waals surface area contributed by atoms with Gasteiger partial charge in [0.25, 0.3) is 5.91 Å². The van der Waals surface area contributed by atoms with E-state index in [4.69, 9.17) is 11.4 Å². The monoisotopic (exact) mass is 218 g/mol. The van der Waals surface area contributed by atoms with Gasteiger partial charge in [-0.15, -0.1) is 0 Å². The Morgan fingerprint density at radius 1 is 1.69 bits per heavy atom. The molecule has 0 aromatic carbocycles. The van der Waals surface area contributed by atoms with E-state index in [1.54, 1.807) is 24.4 Å². The number of carbonyl (C=O) groups is 1. The van der Waals surface area contributed by atoms with Crippen molar-refractivity contribution < 1.29 is 4.79 Å². The second kappa shape index (κ2) is 6.18. The SMILES string of the molecule is [N-]=[N+]=NCC=Cc1cncc(C(=O)NN)c1. The summed E-state index contributed by atoms with van der Waals surface area (Å²) < 4.78 is 0. The first kappa shape index (κ1) is 11.7. The molecule has 16 heavy (non-hydrogen) atoms. The number of nitrogens with one attached hydrogen (secondary N) is 1. The fraction of sp³-hybridized carbons (Fsp3) is 0.111. The highest BCUT2D eigenvalue weighted by Crippen LogP contribution is 2.04. The largest absolute Gasteiger partial charge is 0.290 e. The van der Waals surface area contributed by atoms with E-state index in [-0.39, 0.29) is 6.54 Å². The lowest BCUT2D eigenvalue weighted by molar-refractivity contribution is 0.0953. The fourth-order valence-electron chi connectivity index (χ4n) is 1.03. The Hall–Kier alpha value is -2.37. The zero-order valence-corrected chi connectivity index (χ0v) is 8.37. The number of hydrogen-bond donors (Lipinski definition) is 2. The molecule has 0 aliphatic carbocycles. The Morgan fingerprint density at radius 3 is 3.19 bits per heavy atom. The van der Waals surface area contributed by atoms with Crippen LogP contribution in [0.3, 0.4) is 0 Å². The molecule has 3 N–H and O–H groups in total. The predicted molar refractivity (Wildman–Crippen MR) is 58.9 cm³/mol. The van der Waals surface area contributed by atoms with Crippen LogP contribution in [0.5, 0.6) is 0 Å². The second-order valence-corrected chi connectivity index (χ2v) is 2.80. The molecule has 0 aliphatic rings. The third-order valence-electron chi connectivity index (χ3n) is 1.71. The normalized spacial score (nSPS) is 9.81. The van der Waals surface area contributed by atoms with Crippen LogP contribution in [0.4, 0.5) is 0 Å². The minimum atomic E-state index is -0.405. The summed E-state index contributed by atoms with van der Waals surface area (Å²) in [7, 11) is 0. The van der Waals surface area contributed by atoms with Crippen LogP contribution in [0.1, 0.15) is 15.9 Å². The summed E-state index contributed by atoms with van der Waals surface area (Å²) in [6.45, 7) is 0.254. The molecule has 0 fully saturated rings. The number of nitrogens with two attached hydrogens (primary N) is 1. The summed E-state index contributed by atoms with van der Waals surface area (Å²) in [5.41, 5.74) is 11.2. The molecule has 82 valence electrons. The van der Waals surface area contributed by atoms with Gasteiger partial charge in [-0.05, 0) is 17.2 Å². The van der Waals surface area contributed by atoms with Gasteiger partial charge in [0.15, 0.2) is 0 Å². The van der Waals surface area contributed by atoms with E-state index in [1.165, 1.54) is 6.20 Å². The molecule has 1 rings (SSSR count). The van der Waals surface area contributed by atoms with E-state index in [9.17, 15) is 4.79 Å². The molecule has 0 atom stereocenters. The number of aromatic nitrogens is 1. The molecule has 1 aromatic rings. The maximum Gasteiger partial charge on any atom is 0.266 e. The van der Waals surface area contributed by atoms with Crippen molar-refractivity contribution in [3.05, 3.63) is 46.1 Å². The van der Waals surface area contributed by atoms with Gasteiger partial charge in [-0.3, -0.25) is 15.2 Å². The van der Waals surface area contributed by atoms with E-state index in [0.29, 0.717) is 5.56 Å². The predicted octanol–water partition coefficient (Wildman–Crippen LogP) is 1.01. The van der Waals surface area contributed by atoms with E-state index in [1.807, 2.05) is 5.43 Å². The van der Waals surface area contributed by atoms with Crippen molar-refractivity contribution in [2.75, 3.05) is 6.54 Å². The fourth-order valence-corrected chi connectivity index (χ4v) is 1.03. The molecule has 7 heteroatoms. The molecule has 0 unspecified atom stereocenters. The molecule has 0 saturated carbocycles. The van der Waals surface area contributed by atoms with Crippen LogP contribution in [0.15, 0.2) is 29.7 Å². The summed E-state index contributed by atoms with van der Waals surface area (Å²) in [6, 6.07) is 1.63. The van der Waals surface area contributed by atoms with Gasteiger partial charge in [-0.2, -0.15) is 0 Å². The molecule has 1 amide bonds. The Morgan fingerprint density at radius 2 is 2.50 bits per heavy atom. The van der Waals surface area contributed by atoms with Gasteiger partial charge in [0, 0.05) is 23.9 Å². The Kier molecular flexibility index (Phi) is 4.52. The standard InChI is InChI=1S/C9H10N6O/c10-14-9(16)8-4-7(5-12-6-8)2-1-3-13-15-11/h1-2,4-6H,3,10H2,(H,14,16). The number of rotatable bonds is 4. The van der Waals surface area contributed by atoms with Crippen LogP contribution in [-0.2, 0) is 0 Å². The maximum atomic E-state index is 11.2. The number of nitrogen functional groups attached to an aromatic ring is 1. The third-order valence-corrected chi connectivity index (χ3v) is 1.71. The average Bonchev–Trinajstić information content (AvgIpc) is 2.34. The van der Waals surface area contributed by atoms with Gasteiger partial charge < -0.3 is 0 Å². The van der Waals surface area contributed by atoms with Crippen LogP contribution in [0.25, 0.3) is 16.5 Å². The average molecular weight is 218 g/mol. The number of hydrazine groups is 1. The molecule has 1 heterocycles. The molecule has 0 radical (unpaired) electrons. The molecular weight excluding hydrogens is 208 g/mol. The third kappa shape index (κ3) is 3.41. The molecule has 0 aliphatic heterocycles. The number of pyridine rings is 1. The van der Waals surface area contributed by atoms with Crippen molar-refractivity contribution in [1.82, 2.24) is 10.4 Å². The molecule has 1 aromatic heterocycles. The number of azide groups is 1. The highest BCUT2D eigenvalue weighted by atomic mass is 16.2. The van der Waals surface area contributed by atoms with Crippen LogP contribution >= 0.6 is 0 Å². The Labute approximate surface area is 91.6 Å². The number of amides is 1. The van der Waals surface area contributed by atoms with Gasteiger partial charge >= 0.3 is 0 Å². The van der Waals surface area contributed by atoms with Gasteiger partial charge in [-0.1, -0.05) is 17.3 Å². The number of carbonyl (C=O) groups excluding carboxylic acids is 1. The quantitative estimate of drug-likeness (QED) is 0.196.